The minimum atomic E-state index is -1.39. The zero-order valence-corrected chi connectivity index (χ0v) is 14.9. The molecule has 1 aromatic carbocycles. The lowest BCUT2D eigenvalue weighted by atomic mass is 10.1. The third kappa shape index (κ3) is 3.71. The maximum absolute atomic E-state index is 12.5. The van der Waals surface area contributed by atoms with Crippen LogP contribution < -0.4 is 15.0 Å². The monoisotopic (exact) mass is 388 g/mol. The maximum Gasteiger partial charge on any atom is 0.512 e. The second kappa shape index (κ2) is 7.25. The van der Waals surface area contributed by atoms with Gasteiger partial charge in [-0.05, 0) is 24.3 Å². The summed E-state index contributed by atoms with van der Waals surface area (Å²) in [4.78, 5) is 25.4. The Morgan fingerprint density at radius 1 is 1.26 bits per heavy atom. The molecule has 0 radical (unpaired) electrons. The summed E-state index contributed by atoms with van der Waals surface area (Å²) in [6.07, 6.45) is -1.39. The molecular weight excluding hydrogens is 372 g/mol. The number of nitrogens with one attached hydrogen (secondary N) is 2. The summed E-state index contributed by atoms with van der Waals surface area (Å²) < 4.78 is 10.6. The van der Waals surface area contributed by atoms with Crippen LogP contribution in [-0.4, -0.2) is 53.7 Å². The predicted molar refractivity (Wildman–Crippen MR) is 100 cm³/mol. The average molecular weight is 388 g/mol. The molecule has 0 bridgehead atoms. The number of carboxylic acid groups (broad SMARTS) is 1. The van der Waals surface area contributed by atoms with E-state index in [4.69, 9.17) is 9.84 Å². The van der Waals surface area contributed by atoms with Gasteiger partial charge in [-0.25, -0.2) is 4.79 Å². The molecule has 0 spiro atoms. The smallest absolute Gasteiger partial charge is 0.449 e. The summed E-state index contributed by atoms with van der Waals surface area (Å²) in [6.45, 7) is 3.06. The van der Waals surface area contributed by atoms with Crippen LogP contribution in [0.3, 0.4) is 0 Å². The van der Waals surface area contributed by atoms with Crippen LogP contribution in [0.1, 0.15) is 10.4 Å². The minimum absolute atomic E-state index is 0.205. The van der Waals surface area contributed by atoms with Crippen molar-refractivity contribution in [3.8, 4) is 5.06 Å². The number of benzene rings is 1. The molecule has 1 fully saturated rings. The lowest BCUT2D eigenvalue weighted by molar-refractivity contribution is 0.102. The van der Waals surface area contributed by atoms with Crippen molar-refractivity contribution in [2.45, 2.75) is 0 Å². The van der Waals surface area contributed by atoms with Crippen molar-refractivity contribution < 1.29 is 24.2 Å². The Bertz CT molecular complexity index is 975. The van der Waals surface area contributed by atoms with E-state index in [-0.39, 0.29) is 11.0 Å². The molecule has 0 unspecified atom stereocenters. The highest BCUT2D eigenvalue weighted by atomic mass is 32.1. The molecule has 0 aliphatic carbocycles. The average Bonchev–Trinajstić information content (AvgIpc) is 3.23. The van der Waals surface area contributed by atoms with Crippen molar-refractivity contribution in [2.24, 2.45) is 0 Å². The Kier molecular flexibility index (Phi) is 4.65. The van der Waals surface area contributed by atoms with E-state index in [2.05, 4.69) is 25.2 Å². The Morgan fingerprint density at radius 2 is 2.00 bits per heavy atom. The molecule has 0 atom stereocenters. The number of morpholine rings is 1. The van der Waals surface area contributed by atoms with Gasteiger partial charge in [0, 0.05) is 30.4 Å². The fourth-order valence-electron chi connectivity index (χ4n) is 2.84. The SMILES string of the molecule is O=C(O)Oc1cc2[nH]nc(NC(=O)c3ccc(N4CCOCC4)cc3)c2s1. The van der Waals surface area contributed by atoms with Crippen LogP contribution in [0.4, 0.5) is 16.3 Å². The largest absolute Gasteiger partial charge is 0.512 e. The molecule has 9 nitrogen and oxygen atoms in total. The zero-order valence-electron chi connectivity index (χ0n) is 14.1. The quantitative estimate of drug-likeness (QED) is 0.588. The van der Waals surface area contributed by atoms with Gasteiger partial charge >= 0.3 is 6.16 Å². The lowest BCUT2D eigenvalue weighted by Crippen LogP contribution is -2.36. The number of aromatic nitrogens is 2. The number of H-pyrrole nitrogens is 1. The van der Waals surface area contributed by atoms with Crippen molar-refractivity contribution in [1.29, 1.82) is 0 Å². The van der Waals surface area contributed by atoms with Gasteiger partial charge in [0.05, 0.1) is 18.7 Å². The van der Waals surface area contributed by atoms with E-state index in [1.807, 2.05) is 12.1 Å². The Morgan fingerprint density at radius 3 is 2.70 bits per heavy atom. The van der Waals surface area contributed by atoms with E-state index in [1.165, 1.54) is 6.07 Å². The van der Waals surface area contributed by atoms with Crippen molar-refractivity contribution in [2.75, 3.05) is 36.5 Å². The second-order valence-corrected chi connectivity index (χ2v) is 6.86. The molecule has 27 heavy (non-hydrogen) atoms. The van der Waals surface area contributed by atoms with Gasteiger partial charge in [-0.2, -0.15) is 5.10 Å². The number of carbonyl (C=O) groups is 2. The molecule has 10 heteroatoms. The van der Waals surface area contributed by atoms with Gasteiger partial charge in [-0.1, -0.05) is 11.3 Å². The number of aromatic amines is 1. The number of anilines is 2. The molecule has 1 saturated heterocycles. The van der Waals surface area contributed by atoms with Gasteiger partial charge < -0.3 is 24.8 Å². The van der Waals surface area contributed by atoms with Crippen molar-refractivity contribution in [1.82, 2.24) is 10.2 Å². The first-order chi connectivity index (χ1) is 13.1. The summed E-state index contributed by atoms with van der Waals surface area (Å²) >= 11 is 1.09. The van der Waals surface area contributed by atoms with Crippen LogP contribution in [0.25, 0.3) is 10.2 Å². The fraction of sp³-hybridized carbons (Fsp3) is 0.235. The third-order valence-electron chi connectivity index (χ3n) is 4.14. The number of thiophene rings is 1. The van der Waals surface area contributed by atoms with Crippen LogP contribution in [0.5, 0.6) is 5.06 Å². The highest BCUT2D eigenvalue weighted by Gasteiger charge is 2.17. The molecule has 140 valence electrons. The number of hydrogen-bond acceptors (Lipinski definition) is 7. The Balaban J connectivity index is 1.47. The topological polar surface area (TPSA) is 117 Å². The summed E-state index contributed by atoms with van der Waals surface area (Å²) in [5.74, 6) is 0.0310. The van der Waals surface area contributed by atoms with Gasteiger partial charge in [0.2, 0.25) is 0 Å². The molecule has 1 aliphatic rings. The first kappa shape index (κ1) is 17.3. The van der Waals surface area contributed by atoms with Crippen LogP contribution in [0, 0.1) is 0 Å². The Hall–Kier alpha value is -3.11. The van der Waals surface area contributed by atoms with Crippen molar-refractivity contribution in [3.05, 3.63) is 35.9 Å². The number of amides is 1. The number of rotatable bonds is 4. The van der Waals surface area contributed by atoms with Crippen molar-refractivity contribution >= 4 is 45.1 Å². The summed E-state index contributed by atoms with van der Waals surface area (Å²) in [5, 5.41) is 18.4. The van der Waals surface area contributed by atoms with E-state index in [1.54, 1.807) is 12.1 Å². The maximum atomic E-state index is 12.5. The van der Waals surface area contributed by atoms with E-state index in [0.29, 0.717) is 34.8 Å². The number of hydrogen-bond donors (Lipinski definition) is 3. The predicted octanol–water partition coefficient (Wildman–Crippen LogP) is 2.77. The summed E-state index contributed by atoms with van der Waals surface area (Å²) in [6, 6.07) is 8.86. The fourth-order valence-corrected chi connectivity index (χ4v) is 3.74. The molecule has 1 aliphatic heterocycles. The summed E-state index contributed by atoms with van der Waals surface area (Å²) in [7, 11) is 0. The lowest BCUT2D eigenvalue weighted by Gasteiger charge is -2.28. The molecule has 0 saturated carbocycles. The van der Waals surface area contributed by atoms with E-state index in [0.717, 1.165) is 30.1 Å². The van der Waals surface area contributed by atoms with Crippen LogP contribution >= 0.6 is 11.3 Å². The van der Waals surface area contributed by atoms with E-state index < -0.39 is 6.16 Å². The highest BCUT2D eigenvalue weighted by molar-refractivity contribution is 7.21. The number of nitrogens with zero attached hydrogens (tertiary/aromatic N) is 2. The van der Waals surface area contributed by atoms with Gasteiger partial charge in [0.1, 0.15) is 4.70 Å². The Labute approximate surface area is 157 Å². The number of carbonyl (C=O) groups excluding carboxylic acids is 1. The van der Waals surface area contributed by atoms with Gasteiger partial charge in [0.25, 0.3) is 5.91 Å². The normalized spacial score (nSPS) is 14.3. The molecule has 3 aromatic rings. The van der Waals surface area contributed by atoms with Gasteiger partial charge in [-0.15, -0.1) is 0 Å². The van der Waals surface area contributed by atoms with E-state index in [9.17, 15) is 9.59 Å². The van der Waals surface area contributed by atoms with Crippen LogP contribution in [-0.2, 0) is 4.74 Å². The van der Waals surface area contributed by atoms with Crippen LogP contribution in [0.15, 0.2) is 30.3 Å². The third-order valence-corrected chi connectivity index (χ3v) is 5.16. The first-order valence-corrected chi connectivity index (χ1v) is 9.04. The van der Waals surface area contributed by atoms with Crippen LogP contribution in [0.2, 0.25) is 0 Å². The van der Waals surface area contributed by atoms with Gasteiger partial charge in [-0.3, -0.25) is 9.89 Å². The molecule has 2 aromatic heterocycles. The standard InChI is InChI=1S/C17H16N4O5S/c22-16(10-1-3-11(4-2-10)21-5-7-25-8-6-21)18-15-14-12(19-20-15)9-13(27-14)26-17(23)24/h1-4,9H,5-8H2,(H,23,24)(H2,18,19,20,22). The second-order valence-electron chi connectivity index (χ2n) is 5.85. The number of ether oxygens (including phenoxy) is 2. The molecule has 3 N–H and O–H groups in total. The summed E-state index contributed by atoms with van der Waals surface area (Å²) in [5.41, 5.74) is 2.14. The molecule has 3 heterocycles. The first-order valence-electron chi connectivity index (χ1n) is 8.23. The van der Waals surface area contributed by atoms with Crippen molar-refractivity contribution in [3.63, 3.8) is 0 Å². The molecular formula is C17H16N4O5S. The van der Waals surface area contributed by atoms with Gasteiger partial charge in [0.15, 0.2) is 10.9 Å². The molecule has 1 amide bonds. The minimum Gasteiger partial charge on any atom is -0.449 e. The molecule has 4 rings (SSSR count). The van der Waals surface area contributed by atoms with E-state index >= 15 is 0 Å². The number of fused-ring (bicyclic) bond motifs is 1. The highest BCUT2D eigenvalue weighted by Crippen LogP contribution is 2.35. The zero-order chi connectivity index (χ0) is 18.8.